The topological polar surface area (TPSA) is 44.8 Å². The van der Waals surface area contributed by atoms with Crippen molar-refractivity contribution < 1.29 is 19.0 Å². The molecule has 0 heterocycles. The second-order valence-electron chi connectivity index (χ2n) is 7.07. The van der Waals surface area contributed by atoms with Crippen LogP contribution in [0.1, 0.15) is 43.0 Å². The average molecular weight is 405 g/mol. The van der Waals surface area contributed by atoms with Gasteiger partial charge in [0.15, 0.2) is 11.5 Å². The summed E-state index contributed by atoms with van der Waals surface area (Å²) in [6, 6.07) is 21.4. The lowest BCUT2D eigenvalue weighted by Gasteiger charge is -2.16. The van der Waals surface area contributed by atoms with Gasteiger partial charge >= 0.3 is 0 Å². The summed E-state index contributed by atoms with van der Waals surface area (Å²) in [5, 5.41) is 0. The smallest absolute Gasteiger partial charge is 0.204 e. The van der Waals surface area contributed by atoms with Crippen LogP contribution in [0.5, 0.6) is 23.0 Å². The molecule has 0 aliphatic carbocycles. The quantitative estimate of drug-likeness (QED) is 0.257. The third-order valence-electron chi connectivity index (χ3n) is 4.83. The second-order valence-corrected chi connectivity index (χ2v) is 7.07. The number of carbonyl (C=O) groups excluding carboxylic acids is 1. The lowest BCUT2D eigenvalue weighted by Crippen LogP contribution is -2.02. The number of hydrogen-bond acceptors (Lipinski definition) is 4. The fourth-order valence-electron chi connectivity index (χ4n) is 3.21. The second kappa shape index (κ2) is 11.1. The Labute approximate surface area is 178 Å². The Morgan fingerprint density at radius 1 is 0.833 bits per heavy atom. The first-order chi connectivity index (χ1) is 14.7. The molecular formula is C26H28O4. The maximum Gasteiger partial charge on any atom is 0.204 e. The van der Waals surface area contributed by atoms with Crippen molar-refractivity contribution in [1.82, 2.24) is 0 Å². The standard InChI is InChI=1S/C26H28O4/c1-3-4-5-9-16-29-26-24(28-2)17-20(19-27)18-25(26)30-23-14-12-22(13-15-23)21-10-7-6-8-11-21/h6-8,10-15,17-19H,3-5,9,16H2,1-2H3. The molecule has 0 spiro atoms. The normalized spacial score (nSPS) is 10.5. The number of unbranched alkanes of at least 4 members (excludes halogenated alkanes) is 3. The highest BCUT2D eigenvalue weighted by Crippen LogP contribution is 2.41. The van der Waals surface area contributed by atoms with Gasteiger partial charge in [-0.1, -0.05) is 68.7 Å². The van der Waals surface area contributed by atoms with Crippen LogP contribution in [0.25, 0.3) is 11.1 Å². The maximum atomic E-state index is 11.4. The summed E-state index contributed by atoms with van der Waals surface area (Å²) in [6.07, 6.45) is 5.20. The van der Waals surface area contributed by atoms with E-state index in [9.17, 15) is 4.79 Å². The minimum atomic E-state index is 0.472. The molecule has 0 saturated carbocycles. The molecule has 0 aliphatic heterocycles. The summed E-state index contributed by atoms with van der Waals surface area (Å²) in [5.41, 5.74) is 2.72. The predicted octanol–water partition coefficient (Wildman–Crippen LogP) is 6.93. The van der Waals surface area contributed by atoms with E-state index >= 15 is 0 Å². The minimum absolute atomic E-state index is 0.472. The van der Waals surface area contributed by atoms with E-state index < -0.39 is 0 Å². The summed E-state index contributed by atoms with van der Waals surface area (Å²) >= 11 is 0. The molecule has 0 bridgehead atoms. The van der Waals surface area contributed by atoms with Gasteiger partial charge in [0.25, 0.3) is 0 Å². The summed E-state index contributed by atoms with van der Waals surface area (Å²) < 4.78 is 17.6. The molecule has 156 valence electrons. The number of carbonyl (C=O) groups is 1. The van der Waals surface area contributed by atoms with E-state index in [1.807, 2.05) is 42.5 Å². The lowest BCUT2D eigenvalue weighted by atomic mass is 10.1. The van der Waals surface area contributed by atoms with Gasteiger partial charge in [0.05, 0.1) is 13.7 Å². The van der Waals surface area contributed by atoms with Crippen LogP contribution in [0.4, 0.5) is 0 Å². The number of hydrogen-bond donors (Lipinski definition) is 0. The minimum Gasteiger partial charge on any atom is -0.493 e. The molecule has 0 unspecified atom stereocenters. The highest BCUT2D eigenvalue weighted by atomic mass is 16.5. The van der Waals surface area contributed by atoms with Crippen molar-refractivity contribution in [1.29, 1.82) is 0 Å². The molecule has 0 aliphatic rings. The number of ether oxygens (including phenoxy) is 3. The number of rotatable bonds is 11. The van der Waals surface area contributed by atoms with Gasteiger partial charge in [0, 0.05) is 5.56 Å². The zero-order chi connectivity index (χ0) is 21.2. The van der Waals surface area contributed by atoms with Gasteiger partial charge in [-0.05, 0) is 41.8 Å². The van der Waals surface area contributed by atoms with Gasteiger partial charge in [-0.15, -0.1) is 0 Å². The molecule has 3 aromatic carbocycles. The van der Waals surface area contributed by atoms with E-state index in [1.165, 1.54) is 12.8 Å². The zero-order valence-electron chi connectivity index (χ0n) is 17.6. The van der Waals surface area contributed by atoms with Crippen molar-refractivity contribution in [3.8, 4) is 34.1 Å². The molecule has 0 N–H and O–H groups in total. The van der Waals surface area contributed by atoms with E-state index in [-0.39, 0.29) is 0 Å². The Bertz CT molecular complexity index is 933. The zero-order valence-corrected chi connectivity index (χ0v) is 17.6. The van der Waals surface area contributed by atoms with Gasteiger partial charge in [0.1, 0.15) is 12.0 Å². The van der Waals surface area contributed by atoms with E-state index in [1.54, 1.807) is 19.2 Å². The first kappa shape index (κ1) is 21.4. The van der Waals surface area contributed by atoms with E-state index in [0.29, 0.717) is 35.2 Å². The Kier molecular flexibility index (Phi) is 7.90. The Balaban J connectivity index is 1.81. The SMILES string of the molecule is CCCCCCOc1c(OC)cc(C=O)cc1Oc1ccc(-c2ccccc2)cc1. The fourth-order valence-corrected chi connectivity index (χ4v) is 3.21. The highest BCUT2D eigenvalue weighted by molar-refractivity contribution is 5.78. The van der Waals surface area contributed by atoms with Gasteiger partial charge in [-0.2, -0.15) is 0 Å². The largest absolute Gasteiger partial charge is 0.493 e. The number of aldehydes is 1. The Hall–Kier alpha value is -3.27. The Morgan fingerprint density at radius 2 is 1.53 bits per heavy atom. The van der Waals surface area contributed by atoms with Gasteiger partial charge in [0.2, 0.25) is 5.75 Å². The molecule has 4 nitrogen and oxygen atoms in total. The monoisotopic (exact) mass is 404 g/mol. The van der Waals surface area contributed by atoms with E-state index in [0.717, 1.165) is 30.3 Å². The first-order valence-corrected chi connectivity index (χ1v) is 10.4. The summed E-state index contributed by atoms with van der Waals surface area (Å²) in [5.74, 6) is 2.15. The average Bonchev–Trinajstić information content (AvgIpc) is 2.80. The van der Waals surface area contributed by atoms with Crippen LogP contribution in [-0.4, -0.2) is 20.0 Å². The summed E-state index contributed by atoms with van der Waals surface area (Å²) in [6.45, 7) is 2.75. The Morgan fingerprint density at radius 3 is 2.20 bits per heavy atom. The summed E-state index contributed by atoms with van der Waals surface area (Å²) in [7, 11) is 1.56. The molecule has 0 aromatic heterocycles. The first-order valence-electron chi connectivity index (χ1n) is 10.4. The molecule has 0 fully saturated rings. The molecule has 30 heavy (non-hydrogen) atoms. The van der Waals surface area contributed by atoms with Crippen LogP contribution in [0, 0.1) is 0 Å². The third kappa shape index (κ3) is 5.63. The summed E-state index contributed by atoms with van der Waals surface area (Å²) in [4.78, 5) is 11.4. The fraction of sp³-hybridized carbons (Fsp3) is 0.269. The van der Waals surface area contributed by atoms with Crippen molar-refractivity contribution in [3.63, 3.8) is 0 Å². The number of benzene rings is 3. The molecule has 0 saturated heterocycles. The van der Waals surface area contributed by atoms with Gasteiger partial charge in [-0.25, -0.2) is 0 Å². The highest BCUT2D eigenvalue weighted by Gasteiger charge is 2.16. The van der Waals surface area contributed by atoms with Crippen LogP contribution in [-0.2, 0) is 0 Å². The van der Waals surface area contributed by atoms with Crippen molar-refractivity contribution in [2.75, 3.05) is 13.7 Å². The molecule has 0 amide bonds. The van der Waals surface area contributed by atoms with Crippen molar-refractivity contribution in [3.05, 3.63) is 72.3 Å². The molecule has 0 atom stereocenters. The van der Waals surface area contributed by atoms with E-state index in [2.05, 4.69) is 19.1 Å². The van der Waals surface area contributed by atoms with Crippen LogP contribution in [0.2, 0.25) is 0 Å². The maximum absolute atomic E-state index is 11.4. The van der Waals surface area contributed by atoms with Gasteiger partial charge < -0.3 is 14.2 Å². The van der Waals surface area contributed by atoms with Crippen molar-refractivity contribution in [2.24, 2.45) is 0 Å². The van der Waals surface area contributed by atoms with Crippen LogP contribution in [0.15, 0.2) is 66.7 Å². The lowest BCUT2D eigenvalue weighted by molar-refractivity contribution is 0.112. The van der Waals surface area contributed by atoms with Gasteiger partial charge in [-0.3, -0.25) is 4.79 Å². The molecule has 0 radical (unpaired) electrons. The van der Waals surface area contributed by atoms with Crippen LogP contribution < -0.4 is 14.2 Å². The van der Waals surface area contributed by atoms with E-state index in [4.69, 9.17) is 14.2 Å². The van der Waals surface area contributed by atoms with Crippen LogP contribution in [0.3, 0.4) is 0 Å². The van der Waals surface area contributed by atoms with Crippen molar-refractivity contribution >= 4 is 6.29 Å². The predicted molar refractivity (Wildman–Crippen MR) is 120 cm³/mol. The number of methoxy groups -OCH3 is 1. The molecule has 3 rings (SSSR count). The third-order valence-corrected chi connectivity index (χ3v) is 4.83. The molecular weight excluding hydrogens is 376 g/mol. The molecule has 3 aromatic rings. The molecule has 4 heteroatoms. The van der Waals surface area contributed by atoms with Crippen LogP contribution >= 0.6 is 0 Å². The van der Waals surface area contributed by atoms with Crippen molar-refractivity contribution in [2.45, 2.75) is 32.6 Å².